The topological polar surface area (TPSA) is 38.8 Å². The van der Waals surface area contributed by atoms with Gasteiger partial charge in [0.25, 0.3) is 0 Å². The van der Waals surface area contributed by atoms with Gasteiger partial charge in [0.15, 0.2) is 0 Å². The summed E-state index contributed by atoms with van der Waals surface area (Å²) in [5, 5.41) is 0.998. The van der Waals surface area contributed by atoms with Gasteiger partial charge in [0.05, 0.1) is 36.7 Å². The lowest BCUT2D eigenvalue weighted by Crippen LogP contribution is -2.43. The number of ether oxygens (including phenoxy) is 2. The Balaban J connectivity index is 1.65. The second-order valence-corrected chi connectivity index (χ2v) is 6.71. The van der Waals surface area contributed by atoms with Crippen LogP contribution in [0.2, 0.25) is 10.0 Å². The maximum Gasteiger partial charge on any atom is 0.227 e. The molecule has 1 aliphatic rings. The van der Waals surface area contributed by atoms with E-state index < -0.39 is 0 Å². The van der Waals surface area contributed by atoms with Crippen molar-refractivity contribution in [2.24, 2.45) is 0 Å². The van der Waals surface area contributed by atoms with E-state index in [2.05, 4.69) is 0 Å². The Morgan fingerprint density at radius 3 is 2.64 bits per heavy atom. The predicted octanol–water partition coefficient (Wildman–Crippen LogP) is 4.14. The van der Waals surface area contributed by atoms with Gasteiger partial charge in [-0.1, -0.05) is 41.4 Å². The Kier molecular flexibility index (Phi) is 5.84. The van der Waals surface area contributed by atoms with Gasteiger partial charge in [-0.2, -0.15) is 0 Å². The second-order valence-electron chi connectivity index (χ2n) is 5.90. The van der Waals surface area contributed by atoms with Gasteiger partial charge < -0.3 is 14.4 Å². The van der Waals surface area contributed by atoms with E-state index in [-0.39, 0.29) is 12.0 Å². The molecule has 1 saturated heterocycles. The molecule has 1 heterocycles. The number of hydrogen-bond acceptors (Lipinski definition) is 3. The molecule has 1 unspecified atom stereocenters. The fraction of sp³-hybridized carbons (Fsp3) is 0.316. The lowest BCUT2D eigenvalue weighted by molar-refractivity contribution is -0.138. The van der Waals surface area contributed by atoms with Gasteiger partial charge in [0.1, 0.15) is 11.9 Å². The molecule has 0 N–H and O–H groups in total. The number of halogens is 2. The fourth-order valence-electron chi connectivity index (χ4n) is 2.82. The molecule has 2 aromatic rings. The van der Waals surface area contributed by atoms with Gasteiger partial charge in [-0.3, -0.25) is 4.79 Å². The zero-order chi connectivity index (χ0) is 17.8. The van der Waals surface area contributed by atoms with Crippen molar-refractivity contribution in [3.8, 4) is 5.75 Å². The first-order valence-electron chi connectivity index (χ1n) is 8.04. The van der Waals surface area contributed by atoms with Crippen LogP contribution in [0.15, 0.2) is 42.5 Å². The zero-order valence-electron chi connectivity index (χ0n) is 13.9. The van der Waals surface area contributed by atoms with Crippen LogP contribution in [0.1, 0.15) is 17.2 Å². The maximum atomic E-state index is 12.6. The summed E-state index contributed by atoms with van der Waals surface area (Å²) in [7, 11) is 1.62. The van der Waals surface area contributed by atoms with Gasteiger partial charge in [0, 0.05) is 6.54 Å². The molecule has 1 amide bonds. The van der Waals surface area contributed by atoms with Crippen molar-refractivity contribution in [2.45, 2.75) is 12.5 Å². The first-order valence-corrected chi connectivity index (χ1v) is 8.79. The van der Waals surface area contributed by atoms with E-state index in [4.69, 9.17) is 32.7 Å². The molecular weight excluding hydrogens is 361 g/mol. The Hall–Kier alpha value is -1.75. The number of nitrogens with zero attached hydrogens (tertiary/aromatic N) is 1. The summed E-state index contributed by atoms with van der Waals surface area (Å²) in [5.74, 6) is 0.862. The third-order valence-corrected chi connectivity index (χ3v) is 4.99. The smallest absolute Gasteiger partial charge is 0.227 e. The molecule has 0 saturated carbocycles. The Bertz CT molecular complexity index is 749. The summed E-state index contributed by atoms with van der Waals surface area (Å²) >= 11 is 12.1. The third kappa shape index (κ3) is 4.46. The predicted molar refractivity (Wildman–Crippen MR) is 98.4 cm³/mol. The summed E-state index contributed by atoms with van der Waals surface area (Å²) < 4.78 is 10.9. The monoisotopic (exact) mass is 379 g/mol. The van der Waals surface area contributed by atoms with Crippen molar-refractivity contribution < 1.29 is 14.3 Å². The maximum absolute atomic E-state index is 12.6. The highest BCUT2D eigenvalue weighted by Gasteiger charge is 2.25. The lowest BCUT2D eigenvalue weighted by atomic mass is 10.1. The molecule has 1 aliphatic heterocycles. The quantitative estimate of drug-likeness (QED) is 0.800. The highest BCUT2D eigenvalue weighted by atomic mass is 35.5. The number of rotatable bonds is 4. The van der Waals surface area contributed by atoms with Crippen LogP contribution in [-0.4, -0.2) is 37.6 Å². The number of benzene rings is 2. The Morgan fingerprint density at radius 1 is 1.20 bits per heavy atom. The minimum Gasteiger partial charge on any atom is -0.497 e. The van der Waals surface area contributed by atoms with Crippen molar-refractivity contribution in [1.82, 2.24) is 4.90 Å². The van der Waals surface area contributed by atoms with Crippen LogP contribution in [0.25, 0.3) is 0 Å². The van der Waals surface area contributed by atoms with Crippen LogP contribution in [-0.2, 0) is 16.0 Å². The molecule has 0 spiro atoms. The fourth-order valence-corrected chi connectivity index (χ4v) is 3.13. The van der Waals surface area contributed by atoms with E-state index in [0.29, 0.717) is 36.2 Å². The van der Waals surface area contributed by atoms with E-state index in [1.807, 2.05) is 35.2 Å². The molecule has 0 bridgehead atoms. The van der Waals surface area contributed by atoms with Crippen LogP contribution < -0.4 is 4.74 Å². The number of methoxy groups -OCH3 is 1. The number of carbonyl (C=O) groups excluding carboxylic acids is 1. The Labute approximate surface area is 157 Å². The lowest BCUT2D eigenvalue weighted by Gasteiger charge is -2.33. The van der Waals surface area contributed by atoms with Crippen molar-refractivity contribution in [3.63, 3.8) is 0 Å². The molecule has 3 rings (SSSR count). The average molecular weight is 380 g/mol. The van der Waals surface area contributed by atoms with E-state index in [9.17, 15) is 4.79 Å². The summed E-state index contributed by atoms with van der Waals surface area (Å²) in [6.45, 7) is 1.60. The molecule has 4 nitrogen and oxygen atoms in total. The average Bonchev–Trinajstić information content (AvgIpc) is 2.64. The van der Waals surface area contributed by atoms with Crippen molar-refractivity contribution in [3.05, 3.63) is 63.6 Å². The minimum atomic E-state index is -0.191. The summed E-state index contributed by atoms with van der Waals surface area (Å²) in [6, 6.07) is 13.0. The van der Waals surface area contributed by atoms with Crippen molar-refractivity contribution >= 4 is 29.1 Å². The number of hydrogen-bond donors (Lipinski definition) is 0. The van der Waals surface area contributed by atoms with Gasteiger partial charge in [-0.15, -0.1) is 0 Å². The third-order valence-electron chi connectivity index (χ3n) is 4.25. The Morgan fingerprint density at radius 2 is 1.96 bits per heavy atom. The van der Waals surface area contributed by atoms with Gasteiger partial charge in [-0.05, 0) is 35.4 Å². The van der Waals surface area contributed by atoms with E-state index in [1.54, 1.807) is 19.2 Å². The van der Waals surface area contributed by atoms with Gasteiger partial charge in [0.2, 0.25) is 5.91 Å². The molecule has 6 heteroatoms. The molecule has 132 valence electrons. The normalized spacial score (nSPS) is 17.4. The van der Waals surface area contributed by atoms with Crippen molar-refractivity contribution in [1.29, 1.82) is 0 Å². The summed E-state index contributed by atoms with van der Waals surface area (Å²) in [5.41, 5.74) is 1.89. The number of amides is 1. The number of morpholine rings is 1. The van der Waals surface area contributed by atoms with E-state index >= 15 is 0 Å². The van der Waals surface area contributed by atoms with Gasteiger partial charge in [-0.25, -0.2) is 0 Å². The first-order chi connectivity index (χ1) is 12.1. The summed E-state index contributed by atoms with van der Waals surface area (Å²) in [4.78, 5) is 14.4. The van der Waals surface area contributed by atoms with E-state index in [0.717, 1.165) is 16.9 Å². The van der Waals surface area contributed by atoms with Crippen LogP contribution >= 0.6 is 23.2 Å². The van der Waals surface area contributed by atoms with Gasteiger partial charge >= 0.3 is 0 Å². The molecule has 0 radical (unpaired) electrons. The highest BCUT2D eigenvalue weighted by Crippen LogP contribution is 2.29. The molecule has 1 fully saturated rings. The largest absolute Gasteiger partial charge is 0.497 e. The van der Waals surface area contributed by atoms with Crippen LogP contribution in [0.5, 0.6) is 5.75 Å². The molecule has 2 aromatic carbocycles. The van der Waals surface area contributed by atoms with Crippen molar-refractivity contribution in [2.75, 3.05) is 26.8 Å². The van der Waals surface area contributed by atoms with Crippen LogP contribution in [0.4, 0.5) is 0 Å². The molecule has 25 heavy (non-hydrogen) atoms. The molecule has 1 atom stereocenters. The van der Waals surface area contributed by atoms with Crippen LogP contribution in [0.3, 0.4) is 0 Å². The standard InChI is InChI=1S/C19H19Cl2NO3/c1-24-15-5-2-13(3-6-15)10-19(23)22-8-9-25-18(12-22)14-4-7-16(20)17(21)11-14/h2-7,11,18H,8-10,12H2,1H3. The highest BCUT2D eigenvalue weighted by molar-refractivity contribution is 6.42. The summed E-state index contributed by atoms with van der Waals surface area (Å²) in [6.07, 6.45) is 0.168. The zero-order valence-corrected chi connectivity index (χ0v) is 15.4. The minimum absolute atomic E-state index is 0.0820. The SMILES string of the molecule is COc1ccc(CC(=O)N2CCOC(c3ccc(Cl)c(Cl)c3)C2)cc1. The number of carbonyl (C=O) groups is 1. The second kappa shape index (κ2) is 8.09. The molecule has 0 aliphatic carbocycles. The molecular formula is C19H19Cl2NO3. The van der Waals surface area contributed by atoms with E-state index in [1.165, 1.54) is 0 Å². The molecule has 0 aromatic heterocycles. The first kappa shape index (κ1) is 18.1. The van der Waals surface area contributed by atoms with Crippen LogP contribution in [0, 0.1) is 0 Å².